The monoisotopic (exact) mass is 314 g/mol. The number of rotatable bonds is 9. The third-order valence-corrected chi connectivity index (χ3v) is 3.70. The van der Waals surface area contributed by atoms with E-state index < -0.39 is 11.9 Å². The molecule has 1 rings (SSSR count). The van der Waals surface area contributed by atoms with Crippen molar-refractivity contribution in [1.82, 2.24) is 5.32 Å². The Morgan fingerprint density at radius 1 is 1.48 bits per heavy atom. The van der Waals surface area contributed by atoms with Crippen LogP contribution in [-0.4, -0.2) is 36.6 Å². The van der Waals surface area contributed by atoms with Gasteiger partial charge in [0.15, 0.2) is 11.6 Å². The summed E-state index contributed by atoms with van der Waals surface area (Å²) >= 11 is 1.65. The number of benzene rings is 1. The van der Waals surface area contributed by atoms with Crippen molar-refractivity contribution in [2.24, 2.45) is 5.73 Å². The fourth-order valence-corrected chi connectivity index (χ4v) is 2.20. The van der Waals surface area contributed by atoms with Crippen LogP contribution in [0.15, 0.2) is 24.3 Å². The lowest BCUT2D eigenvalue weighted by Gasteiger charge is -2.19. The summed E-state index contributed by atoms with van der Waals surface area (Å²) in [6.07, 6.45) is 2.99. The van der Waals surface area contributed by atoms with Gasteiger partial charge in [-0.3, -0.25) is 4.79 Å². The summed E-state index contributed by atoms with van der Waals surface area (Å²) in [4.78, 5) is 11.8. The van der Waals surface area contributed by atoms with E-state index in [0.717, 1.165) is 5.75 Å². The summed E-state index contributed by atoms with van der Waals surface area (Å²) in [6.45, 7) is 2.24. The van der Waals surface area contributed by atoms with E-state index in [1.807, 2.05) is 13.2 Å². The molecule has 0 aromatic heterocycles. The Bertz CT molecular complexity index is 445. The number of ether oxygens (including phenoxy) is 1. The Labute approximate surface area is 129 Å². The van der Waals surface area contributed by atoms with Gasteiger partial charge < -0.3 is 15.8 Å². The van der Waals surface area contributed by atoms with Crippen LogP contribution >= 0.6 is 11.8 Å². The van der Waals surface area contributed by atoms with Gasteiger partial charge in [0, 0.05) is 0 Å². The zero-order chi connectivity index (χ0) is 15.7. The second-order valence-electron chi connectivity index (χ2n) is 4.71. The average molecular weight is 314 g/mol. The van der Waals surface area contributed by atoms with Crippen molar-refractivity contribution in [2.45, 2.75) is 31.9 Å². The number of hydrogen-bond acceptors (Lipinski definition) is 4. The lowest BCUT2D eigenvalue weighted by atomic mass is 10.2. The second-order valence-corrected chi connectivity index (χ2v) is 5.70. The lowest BCUT2D eigenvalue weighted by Crippen LogP contribution is -2.44. The summed E-state index contributed by atoms with van der Waals surface area (Å²) in [5.74, 6) is 0.446. The molecule has 0 aliphatic heterocycles. The Hall–Kier alpha value is -1.27. The lowest BCUT2D eigenvalue weighted by molar-refractivity contribution is -0.122. The second kappa shape index (κ2) is 9.63. The molecule has 0 aliphatic carbocycles. The highest BCUT2D eigenvalue weighted by Crippen LogP contribution is 2.17. The quantitative estimate of drug-likeness (QED) is 0.733. The smallest absolute Gasteiger partial charge is 0.237 e. The van der Waals surface area contributed by atoms with Gasteiger partial charge in [-0.25, -0.2) is 4.39 Å². The Balaban J connectivity index is 2.44. The van der Waals surface area contributed by atoms with Gasteiger partial charge in [0.05, 0.1) is 12.6 Å². The summed E-state index contributed by atoms with van der Waals surface area (Å²) < 4.78 is 19.1. The van der Waals surface area contributed by atoms with Crippen molar-refractivity contribution in [3.8, 4) is 5.75 Å². The first-order chi connectivity index (χ1) is 10.1. The van der Waals surface area contributed by atoms with Crippen LogP contribution in [0.1, 0.15) is 19.8 Å². The maximum Gasteiger partial charge on any atom is 0.237 e. The zero-order valence-electron chi connectivity index (χ0n) is 12.5. The van der Waals surface area contributed by atoms with Crippen molar-refractivity contribution >= 4 is 17.7 Å². The summed E-state index contributed by atoms with van der Waals surface area (Å²) in [7, 11) is 0. The van der Waals surface area contributed by atoms with Crippen LogP contribution < -0.4 is 15.8 Å². The Morgan fingerprint density at radius 2 is 2.19 bits per heavy atom. The predicted molar refractivity (Wildman–Crippen MR) is 85.1 cm³/mol. The highest BCUT2D eigenvalue weighted by molar-refractivity contribution is 7.98. The molecule has 0 radical (unpaired) electrons. The van der Waals surface area contributed by atoms with E-state index in [1.165, 1.54) is 6.07 Å². The molecule has 0 bridgehead atoms. The van der Waals surface area contributed by atoms with Crippen molar-refractivity contribution < 1.29 is 13.9 Å². The Morgan fingerprint density at radius 3 is 2.81 bits per heavy atom. The number of carbonyl (C=O) groups is 1. The van der Waals surface area contributed by atoms with Gasteiger partial charge in [0.1, 0.15) is 6.10 Å². The SMILES string of the molecule is CCC(CNC(=O)[C@@H](N)CCSC)Oc1ccccc1F. The molecule has 0 aliphatic rings. The van der Waals surface area contributed by atoms with Gasteiger partial charge in [0.25, 0.3) is 0 Å². The molecule has 1 amide bonds. The van der Waals surface area contributed by atoms with Crippen LogP contribution in [-0.2, 0) is 4.79 Å². The van der Waals surface area contributed by atoms with Crippen LogP contribution in [0, 0.1) is 5.82 Å². The molecule has 2 atom stereocenters. The van der Waals surface area contributed by atoms with Gasteiger partial charge in [-0.15, -0.1) is 0 Å². The third kappa shape index (κ3) is 6.35. The van der Waals surface area contributed by atoms with Crippen LogP contribution in [0.25, 0.3) is 0 Å². The first-order valence-electron chi connectivity index (χ1n) is 7.01. The molecule has 0 saturated heterocycles. The maximum atomic E-state index is 13.5. The maximum absolute atomic E-state index is 13.5. The van der Waals surface area contributed by atoms with E-state index in [4.69, 9.17) is 10.5 Å². The van der Waals surface area contributed by atoms with Crippen molar-refractivity contribution in [3.63, 3.8) is 0 Å². The summed E-state index contributed by atoms with van der Waals surface area (Å²) in [5.41, 5.74) is 5.78. The van der Waals surface area contributed by atoms with Crippen molar-refractivity contribution in [1.29, 1.82) is 0 Å². The number of thioether (sulfide) groups is 1. The first kappa shape index (κ1) is 17.8. The summed E-state index contributed by atoms with van der Waals surface area (Å²) in [5, 5.41) is 2.76. The van der Waals surface area contributed by atoms with E-state index in [9.17, 15) is 9.18 Å². The topological polar surface area (TPSA) is 64.4 Å². The molecular weight excluding hydrogens is 291 g/mol. The van der Waals surface area contributed by atoms with Gasteiger partial charge in [-0.05, 0) is 37.0 Å². The molecule has 6 heteroatoms. The number of nitrogens with one attached hydrogen (secondary N) is 1. The van der Waals surface area contributed by atoms with Crippen LogP contribution in [0.2, 0.25) is 0 Å². The number of para-hydroxylation sites is 1. The largest absolute Gasteiger partial charge is 0.486 e. The molecule has 1 aromatic rings. The number of halogens is 1. The fraction of sp³-hybridized carbons (Fsp3) is 0.533. The van der Waals surface area contributed by atoms with Gasteiger partial charge in [-0.2, -0.15) is 11.8 Å². The van der Waals surface area contributed by atoms with Crippen molar-refractivity contribution in [3.05, 3.63) is 30.1 Å². The van der Waals surface area contributed by atoms with E-state index in [0.29, 0.717) is 19.4 Å². The third-order valence-electron chi connectivity index (χ3n) is 3.06. The summed E-state index contributed by atoms with van der Waals surface area (Å²) in [6, 6.07) is 5.73. The van der Waals surface area contributed by atoms with Crippen LogP contribution in [0.5, 0.6) is 5.75 Å². The Kier molecular flexibility index (Phi) is 8.15. The number of amides is 1. The highest BCUT2D eigenvalue weighted by atomic mass is 32.2. The molecular formula is C15H23FN2O2S. The molecule has 0 fully saturated rings. The molecule has 0 heterocycles. The van der Waals surface area contributed by atoms with E-state index in [2.05, 4.69) is 5.32 Å². The number of carbonyl (C=O) groups excluding carboxylic acids is 1. The minimum atomic E-state index is -0.511. The normalized spacial score (nSPS) is 13.5. The van der Waals surface area contributed by atoms with E-state index >= 15 is 0 Å². The molecule has 4 nitrogen and oxygen atoms in total. The molecule has 118 valence electrons. The minimum Gasteiger partial charge on any atom is -0.486 e. The van der Waals surface area contributed by atoms with Crippen LogP contribution in [0.3, 0.4) is 0 Å². The number of nitrogens with two attached hydrogens (primary N) is 1. The zero-order valence-corrected chi connectivity index (χ0v) is 13.3. The van der Waals surface area contributed by atoms with Crippen molar-refractivity contribution in [2.75, 3.05) is 18.6 Å². The standard InChI is InChI=1S/C15H23FN2O2S/c1-3-11(20-14-7-5-4-6-12(14)16)10-18-15(19)13(17)8-9-21-2/h4-7,11,13H,3,8-10,17H2,1-2H3,(H,18,19)/t11?,13-/m0/s1. The van der Waals surface area contributed by atoms with Gasteiger partial charge in [0.2, 0.25) is 5.91 Å². The molecule has 1 unspecified atom stereocenters. The molecule has 0 saturated carbocycles. The first-order valence-corrected chi connectivity index (χ1v) is 8.41. The van der Waals surface area contributed by atoms with Gasteiger partial charge >= 0.3 is 0 Å². The fourth-order valence-electron chi connectivity index (χ4n) is 1.71. The highest BCUT2D eigenvalue weighted by Gasteiger charge is 2.16. The minimum absolute atomic E-state index is 0.195. The van der Waals surface area contributed by atoms with E-state index in [-0.39, 0.29) is 17.8 Å². The number of hydrogen-bond donors (Lipinski definition) is 2. The molecule has 0 spiro atoms. The molecule has 21 heavy (non-hydrogen) atoms. The molecule has 3 N–H and O–H groups in total. The predicted octanol–water partition coefficient (Wildman–Crippen LogP) is 2.18. The van der Waals surface area contributed by atoms with Crippen LogP contribution in [0.4, 0.5) is 4.39 Å². The van der Waals surface area contributed by atoms with Gasteiger partial charge in [-0.1, -0.05) is 19.1 Å². The van der Waals surface area contributed by atoms with E-state index in [1.54, 1.807) is 30.0 Å². The molecule has 1 aromatic carbocycles. The average Bonchev–Trinajstić information content (AvgIpc) is 2.50.